The Kier molecular flexibility index (Phi) is 2.79. The van der Waals surface area contributed by atoms with Gasteiger partial charge in [-0.15, -0.1) is 0 Å². The smallest absolute Gasteiger partial charge is 0.125 e. The zero-order chi connectivity index (χ0) is 11.8. The largest absolute Gasteiger partial charge is 0.365 e. The van der Waals surface area contributed by atoms with Crippen molar-refractivity contribution in [2.24, 2.45) is 11.7 Å². The van der Waals surface area contributed by atoms with Gasteiger partial charge in [-0.2, -0.15) is 0 Å². The number of nitrogens with zero attached hydrogens (tertiary/aromatic N) is 1. The molecule has 0 amide bonds. The van der Waals surface area contributed by atoms with Gasteiger partial charge in [0.05, 0.1) is 0 Å². The highest BCUT2D eigenvalue weighted by molar-refractivity contribution is 5.50. The van der Waals surface area contributed by atoms with Crippen molar-refractivity contribution in [2.45, 2.75) is 37.8 Å². The minimum Gasteiger partial charge on any atom is -0.365 e. The van der Waals surface area contributed by atoms with Crippen LogP contribution in [0.1, 0.15) is 25.7 Å². The van der Waals surface area contributed by atoms with Crippen LogP contribution in [-0.2, 0) is 0 Å². The Morgan fingerprint density at radius 3 is 2.53 bits per heavy atom. The van der Waals surface area contributed by atoms with Gasteiger partial charge in [-0.25, -0.2) is 4.39 Å². The van der Waals surface area contributed by atoms with Crippen LogP contribution in [0.15, 0.2) is 24.3 Å². The molecule has 3 rings (SSSR count). The van der Waals surface area contributed by atoms with Crippen LogP contribution in [-0.4, -0.2) is 18.6 Å². The van der Waals surface area contributed by atoms with E-state index in [9.17, 15) is 4.39 Å². The highest BCUT2D eigenvalue weighted by atomic mass is 19.1. The molecule has 2 N–H and O–H groups in total. The van der Waals surface area contributed by atoms with Crippen LogP contribution in [0.3, 0.4) is 0 Å². The first-order valence-electron chi connectivity index (χ1n) is 6.52. The molecule has 2 saturated heterocycles. The van der Waals surface area contributed by atoms with Gasteiger partial charge in [0.15, 0.2) is 0 Å². The van der Waals surface area contributed by atoms with Crippen molar-refractivity contribution in [3.63, 3.8) is 0 Å². The number of halogens is 1. The van der Waals surface area contributed by atoms with Crippen LogP contribution in [0, 0.1) is 11.7 Å². The normalized spacial score (nSPS) is 31.9. The van der Waals surface area contributed by atoms with Crippen LogP contribution < -0.4 is 10.6 Å². The third-order valence-corrected chi connectivity index (χ3v) is 4.27. The Morgan fingerprint density at radius 2 is 1.94 bits per heavy atom. The molecule has 1 aromatic carbocycles. The molecule has 3 heteroatoms. The molecule has 0 radical (unpaired) electrons. The summed E-state index contributed by atoms with van der Waals surface area (Å²) in [4.78, 5) is 2.43. The molecule has 0 saturated carbocycles. The topological polar surface area (TPSA) is 29.3 Å². The maximum Gasteiger partial charge on any atom is 0.125 e. The lowest BCUT2D eigenvalue weighted by atomic mass is 9.90. The summed E-state index contributed by atoms with van der Waals surface area (Å²) >= 11 is 0. The number of fused-ring (bicyclic) bond motifs is 2. The Balaban J connectivity index is 1.86. The van der Waals surface area contributed by atoms with E-state index in [0.29, 0.717) is 18.0 Å². The van der Waals surface area contributed by atoms with E-state index in [4.69, 9.17) is 5.73 Å². The molecule has 0 spiro atoms. The fourth-order valence-electron chi connectivity index (χ4n) is 3.54. The van der Waals surface area contributed by atoms with E-state index in [1.165, 1.54) is 31.7 Å². The SMILES string of the molecule is NCC1CC2CCC(C1)N2c1cccc(F)c1. The Morgan fingerprint density at radius 1 is 1.24 bits per heavy atom. The van der Waals surface area contributed by atoms with Gasteiger partial charge in [0.25, 0.3) is 0 Å². The maximum atomic E-state index is 13.3. The van der Waals surface area contributed by atoms with Crippen LogP contribution in [0.5, 0.6) is 0 Å². The van der Waals surface area contributed by atoms with E-state index >= 15 is 0 Å². The fraction of sp³-hybridized carbons (Fsp3) is 0.571. The molecule has 0 aliphatic carbocycles. The van der Waals surface area contributed by atoms with Crippen LogP contribution in [0.25, 0.3) is 0 Å². The molecular formula is C14H19FN2. The number of benzene rings is 1. The van der Waals surface area contributed by atoms with Crippen molar-refractivity contribution < 1.29 is 4.39 Å². The maximum absolute atomic E-state index is 13.3. The molecule has 17 heavy (non-hydrogen) atoms. The van der Waals surface area contributed by atoms with Crippen molar-refractivity contribution in [3.8, 4) is 0 Å². The van der Waals surface area contributed by atoms with E-state index < -0.39 is 0 Å². The molecular weight excluding hydrogens is 215 g/mol. The second-order valence-corrected chi connectivity index (χ2v) is 5.35. The zero-order valence-corrected chi connectivity index (χ0v) is 9.98. The highest BCUT2D eigenvalue weighted by Crippen LogP contribution is 2.41. The fourth-order valence-corrected chi connectivity index (χ4v) is 3.54. The van der Waals surface area contributed by atoms with Crippen molar-refractivity contribution >= 4 is 5.69 Å². The van der Waals surface area contributed by atoms with Gasteiger partial charge in [0, 0.05) is 17.8 Å². The first-order chi connectivity index (χ1) is 8.28. The summed E-state index contributed by atoms with van der Waals surface area (Å²) in [7, 11) is 0. The standard InChI is InChI=1S/C14H19FN2/c15-11-2-1-3-12(8-11)17-13-4-5-14(17)7-10(6-13)9-16/h1-3,8,10,13-14H,4-7,9,16H2. The van der Waals surface area contributed by atoms with Crippen molar-refractivity contribution in [2.75, 3.05) is 11.4 Å². The lowest BCUT2D eigenvalue weighted by molar-refractivity contribution is 0.346. The van der Waals surface area contributed by atoms with Gasteiger partial charge in [0.2, 0.25) is 0 Å². The number of nitrogens with two attached hydrogens (primary N) is 1. The first kappa shape index (κ1) is 11.0. The molecule has 2 bridgehead atoms. The van der Waals surface area contributed by atoms with Gasteiger partial charge in [-0.3, -0.25) is 0 Å². The predicted octanol–water partition coefficient (Wildman–Crippen LogP) is 2.53. The molecule has 2 aliphatic rings. The Hall–Kier alpha value is -1.09. The summed E-state index contributed by atoms with van der Waals surface area (Å²) in [6.07, 6.45) is 4.81. The van der Waals surface area contributed by atoms with Crippen LogP contribution in [0.4, 0.5) is 10.1 Å². The average Bonchev–Trinajstić information content (AvgIpc) is 2.60. The lowest BCUT2D eigenvalue weighted by Crippen LogP contribution is -2.44. The van der Waals surface area contributed by atoms with Crippen molar-refractivity contribution in [1.82, 2.24) is 0 Å². The van der Waals surface area contributed by atoms with Gasteiger partial charge < -0.3 is 10.6 Å². The molecule has 2 aliphatic heterocycles. The van der Waals surface area contributed by atoms with E-state index in [0.717, 1.165) is 12.2 Å². The molecule has 2 unspecified atom stereocenters. The number of rotatable bonds is 2. The minimum absolute atomic E-state index is 0.136. The van der Waals surface area contributed by atoms with Gasteiger partial charge in [-0.05, 0) is 56.3 Å². The molecule has 1 aromatic rings. The van der Waals surface area contributed by atoms with E-state index in [1.807, 2.05) is 6.07 Å². The molecule has 2 nitrogen and oxygen atoms in total. The minimum atomic E-state index is -0.136. The van der Waals surface area contributed by atoms with E-state index in [-0.39, 0.29) is 5.82 Å². The van der Waals surface area contributed by atoms with E-state index in [2.05, 4.69) is 4.90 Å². The molecule has 2 atom stereocenters. The number of hydrogen-bond acceptors (Lipinski definition) is 2. The Labute approximate surface area is 102 Å². The average molecular weight is 234 g/mol. The molecule has 92 valence electrons. The summed E-state index contributed by atoms with van der Waals surface area (Å²) in [5.74, 6) is 0.528. The van der Waals surface area contributed by atoms with Gasteiger partial charge in [-0.1, -0.05) is 6.07 Å². The summed E-state index contributed by atoms with van der Waals surface area (Å²) in [5.41, 5.74) is 6.83. The number of anilines is 1. The van der Waals surface area contributed by atoms with Crippen molar-refractivity contribution in [3.05, 3.63) is 30.1 Å². The van der Waals surface area contributed by atoms with Gasteiger partial charge >= 0.3 is 0 Å². The zero-order valence-electron chi connectivity index (χ0n) is 9.98. The summed E-state index contributed by atoms with van der Waals surface area (Å²) in [6, 6.07) is 8.15. The number of piperidine rings is 1. The number of hydrogen-bond donors (Lipinski definition) is 1. The lowest BCUT2D eigenvalue weighted by Gasteiger charge is -2.40. The quantitative estimate of drug-likeness (QED) is 0.852. The van der Waals surface area contributed by atoms with Crippen LogP contribution in [0.2, 0.25) is 0 Å². The molecule has 2 heterocycles. The van der Waals surface area contributed by atoms with Crippen molar-refractivity contribution in [1.29, 1.82) is 0 Å². The van der Waals surface area contributed by atoms with Gasteiger partial charge in [0.1, 0.15) is 5.82 Å². The second-order valence-electron chi connectivity index (χ2n) is 5.35. The third kappa shape index (κ3) is 1.93. The predicted molar refractivity (Wildman–Crippen MR) is 67.5 cm³/mol. The third-order valence-electron chi connectivity index (χ3n) is 4.27. The second kappa shape index (κ2) is 4.30. The highest BCUT2D eigenvalue weighted by Gasteiger charge is 2.40. The molecule has 2 fully saturated rings. The monoisotopic (exact) mass is 234 g/mol. The Bertz CT molecular complexity index is 393. The summed E-state index contributed by atoms with van der Waals surface area (Å²) in [5, 5.41) is 0. The summed E-state index contributed by atoms with van der Waals surface area (Å²) in [6.45, 7) is 0.796. The first-order valence-corrected chi connectivity index (χ1v) is 6.52. The van der Waals surface area contributed by atoms with E-state index in [1.54, 1.807) is 12.1 Å². The summed E-state index contributed by atoms with van der Waals surface area (Å²) < 4.78 is 13.3. The molecule has 0 aromatic heterocycles. The van der Waals surface area contributed by atoms with Crippen LogP contribution >= 0.6 is 0 Å².